The second-order valence-electron chi connectivity index (χ2n) is 4.13. The molecule has 0 bridgehead atoms. The zero-order valence-corrected chi connectivity index (χ0v) is 10.5. The molecule has 0 spiro atoms. The summed E-state index contributed by atoms with van der Waals surface area (Å²) in [5.41, 5.74) is -0.546. The molecule has 0 atom stereocenters. The minimum Gasteiger partial charge on any atom is -0.207 e. The van der Waals surface area contributed by atoms with Crippen LogP contribution in [0.15, 0.2) is 72.6 Å². The van der Waals surface area contributed by atoms with Gasteiger partial charge in [0.1, 0.15) is 5.82 Å². The van der Waals surface area contributed by atoms with Crippen molar-refractivity contribution in [1.82, 2.24) is 0 Å². The summed E-state index contributed by atoms with van der Waals surface area (Å²) < 4.78 is 94.0. The topological polar surface area (TPSA) is 0 Å². The molecule has 0 N–H and O–H groups in total. The third-order valence-electron chi connectivity index (χ3n) is 2.90. The van der Waals surface area contributed by atoms with Crippen LogP contribution in [0.25, 0.3) is 22.3 Å². The van der Waals surface area contributed by atoms with Gasteiger partial charge in [-0.05, 0) is 46.9 Å². The summed E-state index contributed by atoms with van der Waals surface area (Å²) in [7, 11) is 0. The van der Waals surface area contributed by atoms with E-state index in [4.69, 9.17) is 13.7 Å². The molecule has 0 saturated heterocycles. The first-order chi connectivity index (χ1) is 13.9. The van der Waals surface area contributed by atoms with Gasteiger partial charge < -0.3 is 0 Å². The number of benzene rings is 3. The maximum Gasteiger partial charge on any atom is 0.127 e. The van der Waals surface area contributed by atoms with E-state index in [1.807, 2.05) is 0 Å². The first-order valence-electron chi connectivity index (χ1n) is 10.8. The Hall–Kier alpha value is -2.41. The third-order valence-corrected chi connectivity index (χ3v) is 2.90. The standard InChI is InChI=1S/C19H15F/c1-14-18(16-10-6-3-7-11-16)12-17(13-19(14)20)15-8-4-2-5-9-15/h2-13H,1H3/i2D,3D,4D,5D,6D,7D,8D,9D,10D,11D. The van der Waals surface area contributed by atoms with Gasteiger partial charge in [-0.2, -0.15) is 0 Å². The van der Waals surface area contributed by atoms with Gasteiger partial charge in [0, 0.05) is 0 Å². The zero-order chi connectivity index (χ0) is 22.7. The van der Waals surface area contributed by atoms with Crippen molar-refractivity contribution in [2.75, 3.05) is 0 Å². The van der Waals surface area contributed by atoms with Gasteiger partial charge in [0.25, 0.3) is 0 Å². The average molecular weight is 272 g/mol. The van der Waals surface area contributed by atoms with E-state index < -0.39 is 66.2 Å². The van der Waals surface area contributed by atoms with Crippen LogP contribution in [0.5, 0.6) is 0 Å². The highest BCUT2D eigenvalue weighted by Crippen LogP contribution is 2.31. The predicted octanol–water partition coefficient (Wildman–Crippen LogP) is 5.47. The van der Waals surface area contributed by atoms with E-state index in [2.05, 4.69) is 0 Å². The minimum absolute atomic E-state index is 0.00430. The van der Waals surface area contributed by atoms with E-state index in [1.165, 1.54) is 13.0 Å². The number of rotatable bonds is 2. The Morgan fingerprint density at radius 3 is 1.90 bits per heavy atom. The second-order valence-corrected chi connectivity index (χ2v) is 4.13. The van der Waals surface area contributed by atoms with Gasteiger partial charge in [-0.3, -0.25) is 0 Å². The van der Waals surface area contributed by atoms with Crippen LogP contribution in [0, 0.1) is 12.7 Å². The Morgan fingerprint density at radius 2 is 1.30 bits per heavy atom. The third kappa shape index (κ3) is 2.35. The summed E-state index contributed by atoms with van der Waals surface area (Å²) in [6.07, 6.45) is 0. The quantitative estimate of drug-likeness (QED) is 0.580. The van der Waals surface area contributed by atoms with E-state index in [1.54, 1.807) is 0 Å². The van der Waals surface area contributed by atoms with Gasteiger partial charge in [-0.1, -0.05) is 60.4 Å². The average Bonchev–Trinajstić information content (AvgIpc) is 2.71. The van der Waals surface area contributed by atoms with Crippen LogP contribution in [0.2, 0.25) is 0 Å². The first kappa shape index (κ1) is 5.53. The molecule has 0 aliphatic carbocycles. The Labute approximate surface area is 132 Å². The number of hydrogen-bond donors (Lipinski definition) is 0. The Morgan fingerprint density at radius 1 is 0.750 bits per heavy atom. The maximum absolute atomic E-state index is 14.8. The Bertz CT molecular complexity index is 1160. The lowest BCUT2D eigenvalue weighted by Gasteiger charge is -2.11. The fourth-order valence-electron chi connectivity index (χ4n) is 1.86. The zero-order valence-electron chi connectivity index (χ0n) is 20.5. The number of halogens is 1. The molecule has 0 fully saturated rings. The van der Waals surface area contributed by atoms with Crippen LogP contribution in [-0.2, 0) is 0 Å². The molecule has 0 amide bonds. The summed E-state index contributed by atoms with van der Waals surface area (Å²) in [5, 5.41) is 0. The van der Waals surface area contributed by atoms with Gasteiger partial charge in [0.15, 0.2) is 0 Å². The molecule has 0 aliphatic heterocycles. The molecule has 0 radical (unpaired) electrons. The normalized spacial score (nSPS) is 17.5. The van der Waals surface area contributed by atoms with Crippen molar-refractivity contribution < 1.29 is 18.1 Å². The van der Waals surface area contributed by atoms with Crippen molar-refractivity contribution >= 4 is 0 Å². The fraction of sp³-hybridized carbons (Fsp3) is 0.0526. The van der Waals surface area contributed by atoms with Gasteiger partial charge in [-0.25, -0.2) is 4.39 Å². The SMILES string of the molecule is [2H]c1c([2H])c([2H])c(-c2cc(F)c(C)c(-c3c([2H])c([2H])c([2H])c([2H])c3[2H])c2)c([2H])c1[2H]. The molecular weight excluding hydrogens is 247 g/mol. The molecule has 3 aromatic rings. The summed E-state index contributed by atoms with van der Waals surface area (Å²) in [5.74, 6) is -0.805. The molecule has 98 valence electrons. The fourth-order valence-corrected chi connectivity index (χ4v) is 1.86. The lowest BCUT2D eigenvalue weighted by Crippen LogP contribution is -1.90. The van der Waals surface area contributed by atoms with Gasteiger partial charge >= 0.3 is 0 Å². The van der Waals surface area contributed by atoms with Crippen molar-refractivity contribution in [2.45, 2.75) is 6.92 Å². The smallest absolute Gasteiger partial charge is 0.127 e. The molecule has 0 heterocycles. The lowest BCUT2D eigenvalue weighted by molar-refractivity contribution is 0.619. The van der Waals surface area contributed by atoms with E-state index in [9.17, 15) is 4.39 Å². The molecule has 3 aromatic carbocycles. The highest BCUT2D eigenvalue weighted by atomic mass is 19.1. The second kappa shape index (κ2) is 5.30. The van der Waals surface area contributed by atoms with E-state index in [0.717, 1.165) is 6.07 Å². The van der Waals surface area contributed by atoms with Crippen LogP contribution in [0.1, 0.15) is 19.3 Å². The molecule has 0 aromatic heterocycles. The minimum atomic E-state index is -0.805. The lowest BCUT2D eigenvalue weighted by atomic mass is 9.95. The van der Waals surface area contributed by atoms with Crippen LogP contribution in [0.4, 0.5) is 4.39 Å². The van der Waals surface area contributed by atoms with E-state index in [-0.39, 0.29) is 27.8 Å². The Kier molecular flexibility index (Phi) is 1.46. The predicted molar refractivity (Wildman–Crippen MR) is 82.0 cm³/mol. The van der Waals surface area contributed by atoms with E-state index >= 15 is 0 Å². The van der Waals surface area contributed by atoms with Crippen LogP contribution in [-0.4, -0.2) is 0 Å². The van der Waals surface area contributed by atoms with Crippen LogP contribution in [0.3, 0.4) is 0 Å². The summed E-state index contributed by atoms with van der Waals surface area (Å²) in [6, 6.07) is -3.36. The molecule has 0 aliphatic rings. The summed E-state index contributed by atoms with van der Waals surface area (Å²) in [6.45, 7) is 1.37. The number of hydrogen-bond acceptors (Lipinski definition) is 0. The monoisotopic (exact) mass is 272 g/mol. The van der Waals surface area contributed by atoms with Crippen molar-refractivity contribution in [2.24, 2.45) is 0 Å². The van der Waals surface area contributed by atoms with Gasteiger partial charge in [0.05, 0.1) is 13.7 Å². The Balaban J connectivity index is 2.44. The molecular formula is C19H15F. The molecule has 1 heteroatoms. The molecule has 0 nitrogen and oxygen atoms in total. The summed E-state index contributed by atoms with van der Waals surface area (Å²) >= 11 is 0. The van der Waals surface area contributed by atoms with E-state index in [0.29, 0.717) is 0 Å². The highest BCUT2D eigenvalue weighted by Gasteiger charge is 2.09. The van der Waals surface area contributed by atoms with Crippen LogP contribution >= 0.6 is 0 Å². The van der Waals surface area contributed by atoms with Crippen LogP contribution < -0.4 is 0 Å². The highest BCUT2D eigenvalue weighted by molar-refractivity contribution is 5.75. The first-order valence-corrected chi connectivity index (χ1v) is 5.84. The van der Waals surface area contributed by atoms with Crippen molar-refractivity contribution in [3.05, 3.63) is 83.9 Å². The maximum atomic E-state index is 14.8. The van der Waals surface area contributed by atoms with Crippen molar-refractivity contribution in [1.29, 1.82) is 0 Å². The van der Waals surface area contributed by atoms with Crippen molar-refractivity contribution in [3.63, 3.8) is 0 Å². The molecule has 0 saturated carbocycles. The molecule has 3 rings (SSSR count). The van der Waals surface area contributed by atoms with Gasteiger partial charge in [-0.15, -0.1) is 0 Å². The van der Waals surface area contributed by atoms with Gasteiger partial charge in [0.2, 0.25) is 0 Å². The van der Waals surface area contributed by atoms with Crippen molar-refractivity contribution in [3.8, 4) is 22.3 Å². The largest absolute Gasteiger partial charge is 0.207 e. The molecule has 0 unspecified atom stereocenters. The summed E-state index contributed by atoms with van der Waals surface area (Å²) in [4.78, 5) is 0. The molecule has 20 heavy (non-hydrogen) atoms.